The van der Waals surface area contributed by atoms with E-state index in [1.165, 1.54) is 63.8 Å². The fourth-order valence-corrected chi connectivity index (χ4v) is 7.45. The Bertz CT molecular complexity index is 1470. The van der Waals surface area contributed by atoms with Gasteiger partial charge in [-0.1, -0.05) is 112 Å². The Kier molecular flexibility index (Phi) is 8.92. The van der Waals surface area contributed by atoms with Crippen molar-refractivity contribution in [3.8, 4) is 16.9 Å². The van der Waals surface area contributed by atoms with Crippen molar-refractivity contribution in [2.45, 2.75) is 65.7 Å². The van der Waals surface area contributed by atoms with Crippen molar-refractivity contribution in [2.24, 2.45) is 11.8 Å². The molecule has 0 amide bonds. The molecule has 1 aliphatic carbocycles. The lowest BCUT2D eigenvalue weighted by Crippen LogP contribution is -2.29. The number of fused-ring (bicyclic) bond motifs is 3. The second-order valence-corrected chi connectivity index (χ2v) is 13.7. The van der Waals surface area contributed by atoms with E-state index in [-0.39, 0.29) is 0 Å². The van der Waals surface area contributed by atoms with E-state index in [0.29, 0.717) is 5.92 Å². The molecule has 0 aromatic heterocycles. The highest BCUT2D eigenvalue weighted by atomic mass is 79.9. The van der Waals surface area contributed by atoms with Gasteiger partial charge in [0.1, 0.15) is 5.75 Å². The quantitative estimate of drug-likeness (QED) is 0.145. The fourth-order valence-electron chi connectivity index (χ4n) is 6.48. The summed E-state index contributed by atoms with van der Waals surface area (Å²) in [6.07, 6.45) is 4.99. The van der Waals surface area contributed by atoms with Crippen LogP contribution in [0.4, 0.5) is 0 Å². The van der Waals surface area contributed by atoms with Gasteiger partial charge in [-0.25, -0.2) is 0 Å². The standard InChI is InChI=1S/C37H40Br2O/c1-24(2)9-8-10-25(3)19-20-40-30-15-13-28(14-16-30)37(29-22-26(4)21-27(5)23-29)33-12-7-6-11-31(33)32-17-18-34(38)36(39)35(32)37/h6-7,11-18,21-25H,8-10,19-20H2,1-5H3. The molecule has 1 aliphatic rings. The van der Waals surface area contributed by atoms with Crippen LogP contribution in [-0.2, 0) is 5.41 Å². The van der Waals surface area contributed by atoms with E-state index in [2.05, 4.69) is 145 Å². The van der Waals surface area contributed by atoms with Gasteiger partial charge in [0.2, 0.25) is 0 Å². The van der Waals surface area contributed by atoms with Crippen molar-refractivity contribution < 1.29 is 4.74 Å². The Morgan fingerprint density at radius 3 is 2.12 bits per heavy atom. The first-order valence-electron chi connectivity index (χ1n) is 14.6. The molecule has 0 heterocycles. The summed E-state index contributed by atoms with van der Waals surface area (Å²) >= 11 is 7.84. The lowest BCUT2D eigenvalue weighted by atomic mass is 9.67. The van der Waals surface area contributed by atoms with Crippen LogP contribution in [0, 0.1) is 25.7 Å². The van der Waals surface area contributed by atoms with Gasteiger partial charge in [-0.3, -0.25) is 0 Å². The molecule has 1 nitrogen and oxygen atoms in total. The van der Waals surface area contributed by atoms with Crippen LogP contribution >= 0.6 is 31.9 Å². The molecule has 4 aromatic rings. The van der Waals surface area contributed by atoms with Crippen molar-refractivity contribution in [2.75, 3.05) is 6.61 Å². The van der Waals surface area contributed by atoms with Crippen LogP contribution in [0.25, 0.3) is 11.1 Å². The normalized spacial score (nSPS) is 16.6. The Morgan fingerprint density at radius 2 is 1.43 bits per heavy atom. The van der Waals surface area contributed by atoms with Crippen LogP contribution < -0.4 is 4.74 Å². The highest BCUT2D eigenvalue weighted by molar-refractivity contribution is 9.13. The molecule has 0 N–H and O–H groups in total. The molecular weight excluding hydrogens is 620 g/mol. The SMILES string of the molecule is Cc1cc(C)cc(C2(c3ccc(OCCC(C)CCCC(C)C)cc3)c3ccccc3-c3ccc(Br)c(Br)c32)c1. The minimum Gasteiger partial charge on any atom is -0.494 e. The average Bonchev–Trinajstić information content (AvgIpc) is 3.22. The van der Waals surface area contributed by atoms with E-state index >= 15 is 0 Å². The van der Waals surface area contributed by atoms with Crippen molar-refractivity contribution in [1.29, 1.82) is 0 Å². The van der Waals surface area contributed by atoms with E-state index in [9.17, 15) is 0 Å². The molecule has 2 unspecified atom stereocenters. The van der Waals surface area contributed by atoms with Gasteiger partial charge < -0.3 is 4.74 Å². The lowest BCUT2D eigenvalue weighted by Gasteiger charge is -2.35. The van der Waals surface area contributed by atoms with Gasteiger partial charge in [0.25, 0.3) is 0 Å². The number of hydrogen-bond acceptors (Lipinski definition) is 1. The number of rotatable bonds is 10. The molecule has 0 bridgehead atoms. The number of aryl methyl sites for hydroxylation is 2. The second-order valence-electron chi connectivity index (χ2n) is 12.0. The van der Waals surface area contributed by atoms with E-state index in [4.69, 9.17) is 4.74 Å². The topological polar surface area (TPSA) is 9.23 Å². The molecule has 0 fully saturated rings. The molecule has 0 radical (unpaired) electrons. The van der Waals surface area contributed by atoms with Crippen LogP contribution in [0.15, 0.2) is 87.8 Å². The summed E-state index contributed by atoms with van der Waals surface area (Å²) in [5, 5.41) is 0. The summed E-state index contributed by atoms with van der Waals surface area (Å²) in [5.41, 5.74) is 9.80. The van der Waals surface area contributed by atoms with Crippen LogP contribution in [0.3, 0.4) is 0 Å². The predicted molar refractivity (Wildman–Crippen MR) is 177 cm³/mol. The van der Waals surface area contributed by atoms with Gasteiger partial charge in [-0.05, 0) is 116 Å². The first kappa shape index (κ1) is 29.1. The van der Waals surface area contributed by atoms with Crippen molar-refractivity contribution in [1.82, 2.24) is 0 Å². The fraction of sp³-hybridized carbons (Fsp3) is 0.351. The molecule has 0 saturated heterocycles. The lowest BCUT2D eigenvalue weighted by molar-refractivity contribution is 0.275. The van der Waals surface area contributed by atoms with Crippen molar-refractivity contribution in [3.05, 3.63) is 121 Å². The van der Waals surface area contributed by atoms with Crippen LogP contribution in [0.5, 0.6) is 5.75 Å². The molecule has 2 atom stereocenters. The highest BCUT2D eigenvalue weighted by Gasteiger charge is 2.47. The summed E-state index contributed by atoms with van der Waals surface area (Å²) in [6.45, 7) is 12.1. The third-order valence-electron chi connectivity index (χ3n) is 8.39. The zero-order valence-electron chi connectivity index (χ0n) is 24.4. The summed E-state index contributed by atoms with van der Waals surface area (Å²) in [7, 11) is 0. The van der Waals surface area contributed by atoms with E-state index in [1.807, 2.05) is 0 Å². The maximum atomic E-state index is 6.26. The first-order valence-corrected chi connectivity index (χ1v) is 16.2. The number of halogens is 2. The summed E-state index contributed by atoms with van der Waals surface area (Å²) < 4.78 is 8.43. The van der Waals surface area contributed by atoms with E-state index in [0.717, 1.165) is 33.6 Å². The molecule has 0 aliphatic heterocycles. The van der Waals surface area contributed by atoms with Crippen LogP contribution in [-0.4, -0.2) is 6.61 Å². The molecule has 5 rings (SSSR count). The molecule has 208 valence electrons. The summed E-state index contributed by atoms with van der Waals surface area (Å²) in [4.78, 5) is 0. The van der Waals surface area contributed by atoms with Crippen molar-refractivity contribution in [3.63, 3.8) is 0 Å². The van der Waals surface area contributed by atoms with Gasteiger partial charge >= 0.3 is 0 Å². The number of hydrogen-bond donors (Lipinski definition) is 0. The molecule has 0 saturated carbocycles. The summed E-state index contributed by atoms with van der Waals surface area (Å²) in [6, 6.07) is 29.1. The zero-order valence-corrected chi connectivity index (χ0v) is 27.5. The van der Waals surface area contributed by atoms with E-state index in [1.54, 1.807) is 0 Å². The molecule has 4 aromatic carbocycles. The molecule has 0 spiro atoms. The Morgan fingerprint density at radius 1 is 0.725 bits per heavy atom. The maximum absolute atomic E-state index is 6.26. The van der Waals surface area contributed by atoms with Crippen LogP contribution in [0.1, 0.15) is 79.8 Å². The largest absolute Gasteiger partial charge is 0.494 e. The predicted octanol–water partition coefficient (Wildman–Crippen LogP) is 11.4. The smallest absolute Gasteiger partial charge is 0.119 e. The number of ether oxygens (including phenoxy) is 1. The molecule has 40 heavy (non-hydrogen) atoms. The summed E-state index contributed by atoms with van der Waals surface area (Å²) in [5.74, 6) is 2.41. The highest BCUT2D eigenvalue weighted by Crippen LogP contribution is 2.59. The average molecular weight is 661 g/mol. The van der Waals surface area contributed by atoms with Gasteiger partial charge in [0.15, 0.2) is 0 Å². The third-order valence-corrected chi connectivity index (χ3v) is 10.4. The molecule has 3 heteroatoms. The third kappa shape index (κ3) is 5.57. The maximum Gasteiger partial charge on any atom is 0.119 e. The van der Waals surface area contributed by atoms with Crippen molar-refractivity contribution >= 4 is 31.9 Å². The van der Waals surface area contributed by atoms with Gasteiger partial charge in [0.05, 0.1) is 12.0 Å². The monoisotopic (exact) mass is 658 g/mol. The van der Waals surface area contributed by atoms with Gasteiger partial charge in [-0.2, -0.15) is 0 Å². The van der Waals surface area contributed by atoms with Gasteiger partial charge in [-0.15, -0.1) is 0 Å². The first-order chi connectivity index (χ1) is 19.2. The Balaban J connectivity index is 1.54. The zero-order chi connectivity index (χ0) is 28.4. The van der Waals surface area contributed by atoms with Crippen LogP contribution in [0.2, 0.25) is 0 Å². The Labute approximate surface area is 257 Å². The number of benzene rings is 4. The minimum atomic E-state index is -0.450. The second kappa shape index (κ2) is 12.2. The van der Waals surface area contributed by atoms with E-state index < -0.39 is 5.41 Å². The Hall–Kier alpha value is -2.36. The van der Waals surface area contributed by atoms with Gasteiger partial charge in [0, 0.05) is 8.95 Å². The minimum absolute atomic E-state index is 0.450. The molecular formula is C37H40Br2O.